The number of aromatic nitrogens is 2. The third-order valence-electron chi connectivity index (χ3n) is 5.58. The number of aliphatic carboxylic acids is 1. The fourth-order valence-corrected chi connectivity index (χ4v) is 7.12. The molecule has 0 bridgehead atoms. The van der Waals surface area contributed by atoms with Gasteiger partial charge in [-0.15, -0.1) is 22.0 Å². The number of carboxylic acids is 1. The number of phenolic OH excluding ortho intramolecular Hbond substituents is 1. The fourth-order valence-electron chi connectivity index (χ4n) is 3.82. The molecule has 1 aromatic carbocycles. The first-order valence-corrected chi connectivity index (χ1v) is 14.1. The monoisotopic (exact) mass is 615 g/mol. The largest absolute Gasteiger partial charge is 1.00 e. The van der Waals surface area contributed by atoms with Gasteiger partial charge in [-0.1, -0.05) is 29.2 Å². The Hall–Kier alpha value is -2.83. The zero-order valence-corrected chi connectivity index (χ0v) is 25.9. The molecule has 2 atom stereocenters. The maximum absolute atomic E-state index is 12.9. The number of carbonyl (C=O) groups is 5. The topological polar surface area (TPSA) is 206 Å². The molecule has 2 aromatic rings. The summed E-state index contributed by atoms with van der Waals surface area (Å²) in [6, 6.07) is 1.33. The Balaban J connectivity index is 0.00000441. The number of anilines is 1. The van der Waals surface area contributed by atoms with Gasteiger partial charge in [0.05, 0.1) is 18.1 Å². The van der Waals surface area contributed by atoms with E-state index < -0.39 is 41.3 Å². The molecule has 3 heterocycles. The number of β-lactam (4-membered cyclic amide) rings is 1. The molecule has 2 unspecified atom stereocenters. The van der Waals surface area contributed by atoms with Crippen LogP contribution in [0.25, 0.3) is 0 Å². The standard InChI is InChI=1S/C22H23N7O7S3.Na/c1-9-27-28-22(39-9)38-8-11-7-37-18-15(17(32)29(18)16(11)19(33)34)25-14(31)5-10-3-4-12(30)6-13(10)24-21(36)26-20(35)23-2;/h3-4,6,15,18,30H,5,7-8H2,1-2H3,(H,25,31)(H,33,34)(H3,23,24,26,35,36);/q;+1/p-1. The minimum atomic E-state index is -1.47. The van der Waals surface area contributed by atoms with Gasteiger partial charge in [-0.2, -0.15) is 0 Å². The van der Waals surface area contributed by atoms with Gasteiger partial charge in [0.2, 0.25) is 5.91 Å². The molecule has 2 aliphatic rings. The van der Waals surface area contributed by atoms with Crippen LogP contribution in [0.15, 0.2) is 33.8 Å². The van der Waals surface area contributed by atoms with E-state index in [4.69, 9.17) is 0 Å². The quantitative estimate of drug-likeness (QED) is 0.113. The second kappa shape index (κ2) is 13.7. The number of hydrogen-bond acceptors (Lipinski definition) is 12. The third kappa shape index (κ3) is 7.27. The van der Waals surface area contributed by atoms with E-state index in [1.54, 1.807) is 0 Å². The smallest absolute Gasteiger partial charge is 0.543 e. The number of nitrogens with zero attached hydrogens (tertiary/aromatic N) is 3. The van der Waals surface area contributed by atoms with Gasteiger partial charge in [-0.3, -0.25) is 19.8 Å². The molecular weight excluding hydrogens is 593 g/mol. The number of phenols is 1. The zero-order valence-electron chi connectivity index (χ0n) is 21.5. The van der Waals surface area contributed by atoms with Crippen molar-refractivity contribution in [3.8, 4) is 5.75 Å². The number of thioether (sulfide) groups is 2. The normalized spacial score (nSPS) is 17.6. The Labute approximate surface area is 262 Å². The number of benzene rings is 1. The van der Waals surface area contributed by atoms with Crippen LogP contribution in [0.1, 0.15) is 10.6 Å². The molecule has 4 rings (SSSR count). The maximum Gasteiger partial charge on any atom is 1.00 e. The molecule has 14 nitrogen and oxygen atoms in total. The predicted molar refractivity (Wildman–Crippen MR) is 141 cm³/mol. The van der Waals surface area contributed by atoms with E-state index in [9.17, 15) is 34.2 Å². The number of amides is 6. The van der Waals surface area contributed by atoms with Gasteiger partial charge in [0.15, 0.2) is 4.34 Å². The van der Waals surface area contributed by atoms with E-state index in [2.05, 4.69) is 26.1 Å². The van der Waals surface area contributed by atoms with Crippen molar-refractivity contribution in [1.29, 1.82) is 0 Å². The summed E-state index contributed by atoms with van der Waals surface area (Å²) < 4.78 is 0.680. The summed E-state index contributed by atoms with van der Waals surface area (Å²) in [6.45, 7) is 1.81. The summed E-state index contributed by atoms with van der Waals surface area (Å²) in [6.07, 6.45) is -0.274. The van der Waals surface area contributed by atoms with Crippen molar-refractivity contribution < 1.29 is 63.7 Å². The second-order valence-electron chi connectivity index (χ2n) is 8.25. The van der Waals surface area contributed by atoms with E-state index in [1.165, 1.54) is 60.1 Å². The number of carbonyl (C=O) groups excluding carboxylic acids is 5. The summed E-state index contributed by atoms with van der Waals surface area (Å²) >= 11 is 4.02. The average Bonchev–Trinajstić information content (AvgIpc) is 3.31. The average molecular weight is 616 g/mol. The van der Waals surface area contributed by atoms with Crippen molar-refractivity contribution in [2.45, 2.75) is 29.1 Å². The first-order valence-electron chi connectivity index (χ1n) is 11.3. The Morgan fingerprint density at radius 2 is 1.98 bits per heavy atom. The number of carboxylic acid groups (broad SMARTS) is 1. The molecule has 0 aliphatic carbocycles. The van der Waals surface area contributed by atoms with Crippen LogP contribution in [0.4, 0.5) is 15.3 Å². The summed E-state index contributed by atoms with van der Waals surface area (Å²) in [7, 11) is 1.33. The first-order chi connectivity index (χ1) is 18.6. The molecule has 18 heteroatoms. The summed E-state index contributed by atoms with van der Waals surface area (Å²) in [4.78, 5) is 62.2. The van der Waals surface area contributed by atoms with Gasteiger partial charge in [-0.25, -0.2) is 9.59 Å². The number of urea groups is 2. The number of rotatable bonds is 8. The van der Waals surface area contributed by atoms with Crippen LogP contribution in [-0.4, -0.2) is 80.0 Å². The number of imide groups is 1. The van der Waals surface area contributed by atoms with Crippen LogP contribution >= 0.6 is 34.9 Å². The number of aryl methyl sites for hydroxylation is 1. The second-order valence-corrected chi connectivity index (χ2v) is 11.8. The summed E-state index contributed by atoms with van der Waals surface area (Å²) in [5.41, 5.74) is 0.700. The fraction of sp³-hybridized carbons (Fsp3) is 0.318. The first kappa shape index (κ1) is 31.7. The predicted octanol–water partition coefficient (Wildman–Crippen LogP) is -3.24. The van der Waals surface area contributed by atoms with Gasteiger partial charge < -0.3 is 31.0 Å². The van der Waals surface area contributed by atoms with Gasteiger partial charge in [0.25, 0.3) is 5.91 Å². The molecule has 0 saturated carbocycles. The molecule has 5 N–H and O–H groups in total. The molecule has 1 aromatic heterocycles. The number of nitrogens with one attached hydrogen (secondary N) is 4. The Kier molecular flexibility index (Phi) is 10.8. The van der Waals surface area contributed by atoms with Crippen molar-refractivity contribution in [3.05, 3.63) is 40.0 Å². The van der Waals surface area contributed by atoms with Crippen molar-refractivity contribution in [2.75, 3.05) is 23.9 Å². The van der Waals surface area contributed by atoms with Crippen LogP contribution < -0.4 is 55.9 Å². The van der Waals surface area contributed by atoms with Gasteiger partial charge in [-0.05, 0) is 24.1 Å². The minimum absolute atomic E-state index is 0. The van der Waals surface area contributed by atoms with Gasteiger partial charge >= 0.3 is 41.6 Å². The van der Waals surface area contributed by atoms with E-state index in [-0.39, 0.29) is 53.1 Å². The van der Waals surface area contributed by atoms with E-state index in [0.717, 1.165) is 9.91 Å². The summed E-state index contributed by atoms with van der Waals surface area (Å²) in [5, 5.41) is 39.1. The van der Waals surface area contributed by atoms with Crippen molar-refractivity contribution in [2.24, 2.45) is 0 Å². The molecule has 1 saturated heterocycles. The molecule has 40 heavy (non-hydrogen) atoms. The van der Waals surface area contributed by atoms with Crippen molar-refractivity contribution in [3.63, 3.8) is 0 Å². The zero-order chi connectivity index (χ0) is 28.3. The summed E-state index contributed by atoms with van der Waals surface area (Å²) in [5.74, 6) is -2.19. The van der Waals surface area contributed by atoms with Crippen LogP contribution in [0, 0.1) is 6.92 Å². The van der Waals surface area contributed by atoms with Gasteiger partial charge in [0.1, 0.15) is 22.2 Å². The molecule has 2 aliphatic heterocycles. The van der Waals surface area contributed by atoms with Crippen LogP contribution in [0.3, 0.4) is 0 Å². The van der Waals surface area contributed by atoms with Crippen LogP contribution in [0.5, 0.6) is 5.75 Å². The Bertz CT molecular complexity index is 1390. The molecule has 0 spiro atoms. The number of aromatic hydroxyl groups is 1. The van der Waals surface area contributed by atoms with Crippen LogP contribution in [-0.2, 0) is 20.8 Å². The van der Waals surface area contributed by atoms with Crippen molar-refractivity contribution in [1.82, 2.24) is 31.0 Å². The SMILES string of the molecule is CNC(=O)NC(=O)Nc1cc(O)ccc1CC(=O)NC1C(=O)N2C(C(=O)[O-])=C(CSc3nnc(C)s3)CSC12.[Na+]. The van der Waals surface area contributed by atoms with E-state index in [1.807, 2.05) is 12.2 Å². The molecule has 1 fully saturated rings. The van der Waals surface area contributed by atoms with Crippen molar-refractivity contribution >= 4 is 70.4 Å². The number of fused-ring (bicyclic) bond motifs is 1. The van der Waals surface area contributed by atoms with Gasteiger partial charge in [0, 0.05) is 30.3 Å². The molecule has 0 radical (unpaired) electrons. The Morgan fingerprint density at radius 1 is 1.23 bits per heavy atom. The maximum atomic E-state index is 12.9. The molecule has 6 amide bonds. The van der Waals surface area contributed by atoms with E-state index in [0.29, 0.717) is 27.0 Å². The van der Waals surface area contributed by atoms with Crippen LogP contribution in [0.2, 0.25) is 0 Å². The van der Waals surface area contributed by atoms with E-state index >= 15 is 0 Å². The minimum Gasteiger partial charge on any atom is -0.543 e. The number of hydrogen-bond donors (Lipinski definition) is 5. The molecular formula is C22H22N7NaO7S3. The molecule has 206 valence electrons. The Morgan fingerprint density at radius 3 is 2.62 bits per heavy atom. The third-order valence-corrected chi connectivity index (χ3v) is 8.98.